The summed E-state index contributed by atoms with van der Waals surface area (Å²) in [7, 11) is 0. The Balaban J connectivity index is 4.27. The number of hydrogen-bond donors (Lipinski definition) is 0. The summed E-state index contributed by atoms with van der Waals surface area (Å²) >= 11 is 0. The van der Waals surface area contributed by atoms with Gasteiger partial charge in [-0.2, -0.15) is 0 Å². The Morgan fingerprint density at radius 1 is 0.375 bits per heavy atom. The van der Waals surface area contributed by atoms with Gasteiger partial charge < -0.3 is 14.2 Å². The predicted molar refractivity (Wildman–Crippen MR) is 238 cm³/mol. The molecule has 0 aliphatic carbocycles. The largest absolute Gasteiger partial charge is 0.462 e. The lowest BCUT2D eigenvalue weighted by Gasteiger charge is -2.18. The summed E-state index contributed by atoms with van der Waals surface area (Å²) in [5.41, 5.74) is 0. The zero-order valence-electron chi connectivity index (χ0n) is 36.6. The number of carbonyl (C=O) groups is 3. The molecule has 0 bridgehead atoms. The second-order valence-corrected chi connectivity index (χ2v) is 15.3. The molecule has 56 heavy (non-hydrogen) atoms. The van der Waals surface area contributed by atoms with E-state index in [1.807, 2.05) is 0 Å². The quantitative estimate of drug-likeness (QED) is 0.0266. The third-order valence-electron chi connectivity index (χ3n) is 9.79. The molecule has 0 aromatic carbocycles. The van der Waals surface area contributed by atoms with Crippen LogP contribution in [-0.2, 0) is 28.6 Å². The van der Waals surface area contributed by atoms with Crippen LogP contribution in [0, 0.1) is 0 Å². The fourth-order valence-corrected chi connectivity index (χ4v) is 6.29. The molecule has 0 spiro atoms. The second kappa shape index (κ2) is 44.8. The first-order chi connectivity index (χ1) is 27.5. The van der Waals surface area contributed by atoms with Crippen LogP contribution in [-0.4, -0.2) is 37.2 Å². The molecule has 0 aliphatic heterocycles. The zero-order valence-corrected chi connectivity index (χ0v) is 36.6. The molecule has 0 saturated heterocycles. The molecular weight excluding hydrogens is 697 g/mol. The molecule has 6 heteroatoms. The summed E-state index contributed by atoms with van der Waals surface area (Å²) in [6.45, 7) is 6.40. The Morgan fingerprint density at radius 3 is 1.09 bits per heavy atom. The molecule has 0 aromatic heterocycles. The van der Waals surface area contributed by atoms with Crippen LogP contribution in [0.1, 0.15) is 220 Å². The van der Waals surface area contributed by atoms with Gasteiger partial charge in [-0.05, 0) is 64.2 Å². The monoisotopic (exact) mass is 783 g/mol. The Bertz CT molecular complexity index is 1040. The van der Waals surface area contributed by atoms with Gasteiger partial charge in [-0.15, -0.1) is 0 Å². The van der Waals surface area contributed by atoms with Gasteiger partial charge in [-0.25, -0.2) is 0 Å². The lowest BCUT2D eigenvalue weighted by molar-refractivity contribution is -0.167. The van der Waals surface area contributed by atoms with Crippen LogP contribution in [0.5, 0.6) is 0 Å². The standard InChI is InChI=1S/C50H86O6/c1-4-7-10-13-15-17-19-21-23-24-25-26-27-29-30-32-34-37-40-43-49(52)55-46-47(45-54-48(51)42-39-36-12-9-6-3)56-50(53)44-41-38-35-33-31-28-22-20-18-16-14-11-8-5-2/h7,10,15,17,21,23,25-26,29-30,47H,4-6,8-9,11-14,16,18-20,22,24,27-28,31-46H2,1-3H3/b10-7-,17-15-,23-21-,26-25-,30-29-. The molecule has 0 rings (SSSR count). The van der Waals surface area contributed by atoms with E-state index in [1.54, 1.807) is 0 Å². The molecule has 0 aromatic rings. The maximum absolute atomic E-state index is 12.7. The first-order valence-electron chi connectivity index (χ1n) is 23.3. The van der Waals surface area contributed by atoms with Crippen molar-refractivity contribution < 1.29 is 28.6 Å². The molecule has 1 unspecified atom stereocenters. The summed E-state index contributed by atoms with van der Waals surface area (Å²) in [4.78, 5) is 37.5. The van der Waals surface area contributed by atoms with Crippen molar-refractivity contribution in [1.29, 1.82) is 0 Å². The van der Waals surface area contributed by atoms with Crippen LogP contribution >= 0.6 is 0 Å². The van der Waals surface area contributed by atoms with Gasteiger partial charge in [-0.3, -0.25) is 14.4 Å². The Kier molecular flexibility index (Phi) is 42.5. The van der Waals surface area contributed by atoms with Crippen molar-refractivity contribution in [1.82, 2.24) is 0 Å². The third-order valence-corrected chi connectivity index (χ3v) is 9.79. The van der Waals surface area contributed by atoms with E-state index in [0.717, 1.165) is 103 Å². The maximum atomic E-state index is 12.7. The van der Waals surface area contributed by atoms with Crippen molar-refractivity contribution in [3.63, 3.8) is 0 Å². The number of allylic oxidation sites excluding steroid dienone is 10. The van der Waals surface area contributed by atoms with Crippen LogP contribution in [0.3, 0.4) is 0 Å². The fourth-order valence-electron chi connectivity index (χ4n) is 6.29. The number of unbranched alkanes of at least 4 members (excludes halogenated alkanes) is 20. The van der Waals surface area contributed by atoms with Gasteiger partial charge in [0, 0.05) is 19.3 Å². The molecule has 0 heterocycles. The van der Waals surface area contributed by atoms with Gasteiger partial charge in [0.15, 0.2) is 6.10 Å². The number of rotatable bonds is 41. The molecule has 0 amide bonds. The van der Waals surface area contributed by atoms with Gasteiger partial charge in [-0.1, -0.05) is 197 Å². The SMILES string of the molecule is CC/C=C\C/C=C\C/C=C\C/C=C\C/C=C\CCCCCC(=O)OCC(COC(=O)CCCCCCC)OC(=O)CCCCCCCCCCCCCCCC. The minimum atomic E-state index is -0.780. The van der Waals surface area contributed by atoms with Crippen molar-refractivity contribution in [3.05, 3.63) is 60.8 Å². The Morgan fingerprint density at radius 2 is 0.696 bits per heavy atom. The first kappa shape index (κ1) is 53.1. The van der Waals surface area contributed by atoms with E-state index >= 15 is 0 Å². The summed E-state index contributed by atoms with van der Waals surface area (Å²) in [6.07, 6.45) is 53.8. The molecular formula is C50H86O6. The van der Waals surface area contributed by atoms with Crippen LogP contribution < -0.4 is 0 Å². The summed E-state index contributed by atoms with van der Waals surface area (Å²) in [6, 6.07) is 0. The van der Waals surface area contributed by atoms with Crippen molar-refractivity contribution >= 4 is 17.9 Å². The Labute approximate surface area is 345 Å². The van der Waals surface area contributed by atoms with Crippen molar-refractivity contribution in [2.45, 2.75) is 226 Å². The third kappa shape index (κ3) is 42.3. The van der Waals surface area contributed by atoms with E-state index in [9.17, 15) is 14.4 Å². The molecule has 0 radical (unpaired) electrons. The summed E-state index contributed by atoms with van der Waals surface area (Å²) in [5, 5.41) is 0. The topological polar surface area (TPSA) is 78.9 Å². The van der Waals surface area contributed by atoms with Crippen LogP contribution in [0.2, 0.25) is 0 Å². The van der Waals surface area contributed by atoms with E-state index in [2.05, 4.69) is 81.5 Å². The highest BCUT2D eigenvalue weighted by Gasteiger charge is 2.19. The normalized spacial score (nSPS) is 12.6. The van der Waals surface area contributed by atoms with E-state index in [4.69, 9.17) is 14.2 Å². The van der Waals surface area contributed by atoms with Crippen LogP contribution in [0.25, 0.3) is 0 Å². The second-order valence-electron chi connectivity index (χ2n) is 15.3. The van der Waals surface area contributed by atoms with E-state index in [1.165, 1.54) is 77.0 Å². The minimum Gasteiger partial charge on any atom is -0.462 e. The van der Waals surface area contributed by atoms with Crippen molar-refractivity contribution in [2.75, 3.05) is 13.2 Å². The highest BCUT2D eigenvalue weighted by atomic mass is 16.6. The van der Waals surface area contributed by atoms with Gasteiger partial charge in [0.05, 0.1) is 0 Å². The zero-order chi connectivity index (χ0) is 40.8. The van der Waals surface area contributed by atoms with E-state index < -0.39 is 6.10 Å². The van der Waals surface area contributed by atoms with E-state index in [-0.39, 0.29) is 31.1 Å². The summed E-state index contributed by atoms with van der Waals surface area (Å²) in [5.74, 6) is -0.931. The van der Waals surface area contributed by atoms with Crippen molar-refractivity contribution in [2.24, 2.45) is 0 Å². The lowest BCUT2D eigenvalue weighted by Crippen LogP contribution is -2.30. The highest BCUT2D eigenvalue weighted by Crippen LogP contribution is 2.14. The van der Waals surface area contributed by atoms with Gasteiger partial charge in [0.2, 0.25) is 0 Å². The molecule has 6 nitrogen and oxygen atoms in total. The first-order valence-corrected chi connectivity index (χ1v) is 23.3. The van der Waals surface area contributed by atoms with Crippen LogP contribution in [0.4, 0.5) is 0 Å². The minimum absolute atomic E-state index is 0.0845. The molecule has 322 valence electrons. The predicted octanol–water partition coefficient (Wildman–Crippen LogP) is 14.9. The lowest BCUT2D eigenvalue weighted by atomic mass is 10.0. The van der Waals surface area contributed by atoms with Gasteiger partial charge in [0.1, 0.15) is 13.2 Å². The summed E-state index contributed by atoms with van der Waals surface area (Å²) < 4.78 is 16.6. The number of esters is 3. The van der Waals surface area contributed by atoms with Crippen molar-refractivity contribution in [3.8, 4) is 0 Å². The highest BCUT2D eigenvalue weighted by molar-refractivity contribution is 5.71. The molecule has 0 saturated carbocycles. The average molecular weight is 783 g/mol. The van der Waals surface area contributed by atoms with Gasteiger partial charge in [0.25, 0.3) is 0 Å². The Hall–Kier alpha value is -2.89. The molecule has 0 aliphatic rings. The number of ether oxygens (including phenoxy) is 3. The van der Waals surface area contributed by atoms with Gasteiger partial charge >= 0.3 is 17.9 Å². The molecule has 1 atom stereocenters. The number of hydrogen-bond acceptors (Lipinski definition) is 6. The van der Waals surface area contributed by atoms with Crippen LogP contribution in [0.15, 0.2) is 60.8 Å². The number of carbonyl (C=O) groups excluding carboxylic acids is 3. The van der Waals surface area contributed by atoms with E-state index in [0.29, 0.717) is 19.3 Å². The molecule has 0 N–H and O–H groups in total. The molecule has 0 fully saturated rings. The maximum Gasteiger partial charge on any atom is 0.306 e. The fraction of sp³-hybridized carbons (Fsp3) is 0.740. The average Bonchev–Trinajstić information content (AvgIpc) is 3.19. The smallest absolute Gasteiger partial charge is 0.306 e.